The summed E-state index contributed by atoms with van der Waals surface area (Å²) < 4.78 is 6.86. The van der Waals surface area contributed by atoms with E-state index in [1.54, 1.807) is 103 Å². The maximum atomic E-state index is 13.7. The van der Waals surface area contributed by atoms with Gasteiger partial charge in [-0.2, -0.15) is 4.73 Å². The van der Waals surface area contributed by atoms with Crippen molar-refractivity contribution in [2.45, 2.75) is 6.04 Å². The smallest absolute Gasteiger partial charge is 0.320 e. The van der Waals surface area contributed by atoms with Crippen molar-refractivity contribution in [3.63, 3.8) is 0 Å². The molecule has 0 saturated carbocycles. The molecule has 0 aliphatic rings. The molecular formula is C32H25ClN4O4. The molecule has 1 aromatic heterocycles. The second-order valence-corrected chi connectivity index (χ2v) is 9.41. The topological polar surface area (TPSA) is 106 Å². The number of hydrogen-bond acceptors (Lipinski definition) is 4. The number of halogens is 1. The van der Waals surface area contributed by atoms with Gasteiger partial charge in [0.15, 0.2) is 6.20 Å². The number of para-hydroxylation sites is 2. The lowest BCUT2D eigenvalue weighted by molar-refractivity contribution is -0.593. The van der Waals surface area contributed by atoms with Gasteiger partial charge in [0.05, 0.1) is 0 Å². The number of pyridine rings is 1. The Kier molecular flexibility index (Phi) is 8.42. The number of aromatic nitrogens is 1. The van der Waals surface area contributed by atoms with Crippen molar-refractivity contribution < 1.29 is 19.1 Å². The Bertz CT molecular complexity index is 1650. The highest BCUT2D eigenvalue weighted by Gasteiger charge is 2.26. The van der Waals surface area contributed by atoms with Crippen LogP contribution in [0.2, 0.25) is 5.02 Å². The second kappa shape index (κ2) is 12.7. The highest BCUT2D eigenvalue weighted by Crippen LogP contribution is 2.31. The minimum absolute atomic E-state index is 0.407. The van der Waals surface area contributed by atoms with Gasteiger partial charge in [-0.3, -0.25) is 4.79 Å². The number of anilines is 2. The average molecular weight is 565 g/mol. The summed E-state index contributed by atoms with van der Waals surface area (Å²) in [5.41, 5.74) is 2.62. The second-order valence-electron chi connectivity index (χ2n) is 8.97. The molecule has 1 atom stereocenters. The van der Waals surface area contributed by atoms with Gasteiger partial charge in [0, 0.05) is 39.7 Å². The van der Waals surface area contributed by atoms with Crippen LogP contribution in [0.4, 0.5) is 16.2 Å². The minimum Gasteiger partial charge on any atom is -0.618 e. The van der Waals surface area contributed by atoms with E-state index < -0.39 is 18.0 Å². The molecule has 3 N–H and O–H groups in total. The number of benzene rings is 4. The molecule has 0 saturated heterocycles. The molecule has 41 heavy (non-hydrogen) atoms. The number of ether oxygens (including phenoxy) is 1. The standard InChI is InChI=1S/C32H25ClN4O4/c33-23-15-19-25(20-16-23)35-32(39)36-30(27-10-4-5-12-29(27)41-26-8-2-1-3-9-26)31(38)34-24-17-13-22(14-18-24)28-11-6-7-21-37(28)40/h1-21,30H,(H,34,38)(H2,35,36,39). The van der Waals surface area contributed by atoms with Crippen LogP contribution in [0.25, 0.3) is 11.3 Å². The first-order valence-electron chi connectivity index (χ1n) is 12.7. The van der Waals surface area contributed by atoms with Crippen LogP contribution in [0.5, 0.6) is 11.5 Å². The van der Waals surface area contributed by atoms with Crippen LogP contribution in [0.3, 0.4) is 0 Å². The van der Waals surface area contributed by atoms with Gasteiger partial charge >= 0.3 is 6.03 Å². The number of amides is 3. The lowest BCUT2D eigenvalue weighted by Crippen LogP contribution is -2.39. The highest BCUT2D eigenvalue weighted by atomic mass is 35.5. The molecule has 0 fully saturated rings. The number of carbonyl (C=O) groups is 2. The van der Waals surface area contributed by atoms with Crippen LogP contribution in [-0.4, -0.2) is 11.9 Å². The van der Waals surface area contributed by atoms with Crippen molar-refractivity contribution in [1.29, 1.82) is 0 Å². The number of urea groups is 1. The maximum Gasteiger partial charge on any atom is 0.320 e. The first kappa shape index (κ1) is 27.2. The van der Waals surface area contributed by atoms with Gasteiger partial charge in [-0.05, 0) is 72.8 Å². The van der Waals surface area contributed by atoms with E-state index in [1.165, 1.54) is 6.20 Å². The van der Waals surface area contributed by atoms with E-state index in [0.29, 0.717) is 44.7 Å². The third kappa shape index (κ3) is 7.00. The summed E-state index contributed by atoms with van der Waals surface area (Å²) in [6.45, 7) is 0. The van der Waals surface area contributed by atoms with Gasteiger partial charge in [0.25, 0.3) is 5.91 Å². The molecule has 0 spiro atoms. The Morgan fingerprint density at radius 2 is 1.37 bits per heavy atom. The van der Waals surface area contributed by atoms with Gasteiger partial charge in [-0.25, -0.2) is 4.79 Å². The van der Waals surface area contributed by atoms with Gasteiger partial charge in [0.1, 0.15) is 17.5 Å². The Morgan fingerprint density at radius 3 is 2.10 bits per heavy atom. The number of carbonyl (C=O) groups excluding carboxylic acids is 2. The molecule has 9 heteroatoms. The normalized spacial score (nSPS) is 11.2. The lowest BCUT2D eigenvalue weighted by atomic mass is 10.0. The van der Waals surface area contributed by atoms with Crippen LogP contribution in [0, 0.1) is 5.21 Å². The Labute approximate surface area is 241 Å². The molecule has 3 amide bonds. The maximum absolute atomic E-state index is 13.7. The van der Waals surface area contributed by atoms with E-state index in [4.69, 9.17) is 16.3 Å². The van der Waals surface area contributed by atoms with Crippen LogP contribution in [-0.2, 0) is 4.79 Å². The summed E-state index contributed by atoms with van der Waals surface area (Å²) in [6, 6.07) is 33.0. The summed E-state index contributed by atoms with van der Waals surface area (Å²) in [5, 5.41) is 21.0. The van der Waals surface area contributed by atoms with Crippen molar-refractivity contribution in [2.24, 2.45) is 0 Å². The molecule has 5 rings (SSSR count). The van der Waals surface area contributed by atoms with E-state index in [0.717, 1.165) is 4.73 Å². The van der Waals surface area contributed by atoms with E-state index in [-0.39, 0.29) is 0 Å². The molecule has 5 aromatic rings. The minimum atomic E-state index is -1.13. The quantitative estimate of drug-likeness (QED) is 0.140. The Morgan fingerprint density at radius 1 is 0.732 bits per heavy atom. The van der Waals surface area contributed by atoms with E-state index in [1.807, 2.05) is 18.2 Å². The summed E-state index contributed by atoms with van der Waals surface area (Å²) >= 11 is 5.96. The zero-order valence-corrected chi connectivity index (χ0v) is 22.4. The third-order valence-electron chi connectivity index (χ3n) is 6.11. The van der Waals surface area contributed by atoms with Crippen molar-refractivity contribution in [3.8, 4) is 22.8 Å². The van der Waals surface area contributed by atoms with E-state index >= 15 is 0 Å². The first-order valence-corrected chi connectivity index (χ1v) is 13.1. The lowest BCUT2D eigenvalue weighted by Gasteiger charge is -2.22. The number of hydrogen-bond donors (Lipinski definition) is 3. The van der Waals surface area contributed by atoms with Gasteiger partial charge in [-0.15, -0.1) is 0 Å². The van der Waals surface area contributed by atoms with E-state index in [2.05, 4.69) is 16.0 Å². The predicted molar refractivity (Wildman–Crippen MR) is 159 cm³/mol. The SMILES string of the molecule is O=C(Nc1ccc(Cl)cc1)NC(C(=O)Nc1ccc(-c2cccc[n+]2[O-])cc1)c1ccccc1Oc1ccccc1. The summed E-state index contributed by atoms with van der Waals surface area (Å²) in [6.07, 6.45) is 1.42. The third-order valence-corrected chi connectivity index (χ3v) is 6.37. The fourth-order valence-corrected chi connectivity index (χ4v) is 4.26. The molecule has 0 aliphatic heterocycles. The van der Waals surface area contributed by atoms with Gasteiger partial charge in [-0.1, -0.05) is 48.0 Å². The highest BCUT2D eigenvalue weighted by molar-refractivity contribution is 6.30. The van der Waals surface area contributed by atoms with Crippen LogP contribution < -0.4 is 25.4 Å². The van der Waals surface area contributed by atoms with Gasteiger partial charge < -0.3 is 25.9 Å². The van der Waals surface area contributed by atoms with Crippen LogP contribution >= 0.6 is 11.6 Å². The average Bonchev–Trinajstić information content (AvgIpc) is 2.99. The monoisotopic (exact) mass is 564 g/mol. The number of nitrogens with zero attached hydrogens (tertiary/aromatic N) is 1. The molecule has 0 bridgehead atoms. The molecule has 4 aromatic carbocycles. The van der Waals surface area contributed by atoms with Crippen LogP contribution in [0.1, 0.15) is 11.6 Å². The van der Waals surface area contributed by atoms with Crippen molar-refractivity contribution in [1.82, 2.24) is 5.32 Å². The summed E-state index contributed by atoms with van der Waals surface area (Å²) in [4.78, 5) is 26.7. The Balaban J connectivity index is 1.41. The predicted octanol–water partition coefficient (Wildman–Crippen LogP) is 6.93. The summed E-state index contributed by atoms with van der Waals surface area (Å²) in [5.74, 6) is 0.494. The molecular weight excluding hydrogens is 540 g/mol. The number of rotatable bonds is 8. The molecule has 1 unspecified atom stereocenters. The molecule has 0 aliphatic carbocycles. The molecule has 204 valence electrons. The summed E-state index contributed by atoms with van der Waals surface area (Å²) in [7, 11) is 0. The zero-order chi connectivity index (χ0) is 28.6. The fourth-order valence-electron chi connectivity index (χ4n) is 4.13. The van der Waals surface area contributed by atoms with E-state index in [9.17, 15) is 14.8 Å². The van der Waals surface area contributed by atoms with Crippen molar-refractivity contribution in [2.75, 3.05) is 10.6 Å². The largest absolute Gasteiger partial charge is 0.618 e. The van der Waals surface area contributed by atoms with Crippen molar-refractivity contribution >= 4 is 34.9 Å². The fraction of sp³-hybridized carbons (Fsp3) is 0.0312. The number of nitrogens with one attached hydrogen (secondary N) is 3. The Hall–Kier alpha value is -5.34. The molecule has 0 radical (unpaired) electrons. The molecule has 1 heterocycles. The van der Waals surface area contributed by atoms with Crippen molar-refractivity contribution in [3.05, 3.63) is 143 Å². The molecule has 8 nitrogen and oxygen atoms in total. The van der Waals surface area contributed by atoms with Gasteiger partial charge in [0.2, 0.25) is 5.69 Å². The first-order chi connectivity index (χ1) is 20.0. The zero-order valence-electron chi connectivity index (χ0n) is 21.7. The van der Waals surface area contributed by atoms with Crippen LogP contribution in [0.15, 0.2) is 128 Å².